The van der Waals surface area contributed by atoms with E-state index in [0.717, 1.165) is 77.0 Å². The number of fused-ring (bicyclic) bond motifs is 4. The first-order valence-electron chi connectivity index (χ1n) is 11.5. The van der Waals surface area contributed by atoms with Crippen molar-refractivity contribution in [3.63, 3.8) is 0 Å². The van der Waals surface area contributed by atoms with Crippen LogP contribution in [0.5, 0.6) is 0 Å². The Hall–Kier alpha value is -2.44. The third kappa shape index (κ3) is 3.69. The number of nitrogens with one attached hydrogen (secondary N) is 3. The van der Waals surface area contributed by atoms with E-state index in [1.807, 2.05) is 6.07 Å². The molecule has 7 heteroatoms. The SMILES string of the molecule is C=C1Nc2c(Cl)cc3cc(CN(C)CCc4c(C)n[nH]c4C)oc3c2C2(CCCCC2)N1. The molecule has 5 rings (SSSR count). The number of halogens is 1. The first kappa shape index (κ1) is 21.4. The van der Waals surface area contributed by atoms with Crippen molar-refractivity contribution < 1.29 is 4.42 Å². The highest BCUT2D eigenvalue weighted by Crippen LogP contribution is 2.49. The number of aryl methyl sites for hydroxylation is 2. The molecule has 3 aromatic rings. The molecular weight excluding hydrogens is 422 g/mol. The second kappa shape index (κ2) is 8.16. The minimum atomic E-state index is -0.156. The summed E-state index contributed by atoms with van der Waals surface area (Å²) in [5, 5.41) is 16.2. The van der Waals surface area contributed by atoms with E-state index in [0.29, 0.717) is 0 Å². The van der Waals surface area contributed by atoms with Gasteiger partial charge in [-0.1, -0.05) is 37.4 Å². The van der Waals surface area contributed by atoms with Gasteiger partial charge in [-0.05, 0) is 57.9 Å². The zero-order valence-electron chi connectivity index (χ0n) is 19.2. The molecule has 0 atom stereocenters. The lowest BCUT2D eigenvalue weighted by molar-refractivity contribution is 0.249. The number of hydrogen-bond acceptors (Lipinski definition) is 5. The number of anilines is 1. The highest BCUT2D eigenvalue weighted by molar-refractivity contribution is 6.34. The van der Waals surface area contributed by atoms with Crippen LogP contribution in [0.3, 0.4) is 0 Å². The zero-order chi connectivity index (χ0) is 22.5. The molecule has 2 aliphatic rings. The molecule has 1 spiro atoms. The van der Waals surface area contributed by atoms with Gasteiger partial charge in [-0.25, -0.2) is 0 Å². The molecule has 0 amide bonds. The summed E-state index contributed by atoms with van der Waals surface area (Å²) < 4.78 is 6.51. The Morgan fingerprint density at radius 1 is 1.22 bits per heavy atom. The van der Waals surface area contributed by atoms with Crippen LogP contribution in [0.25, 0.3) is 11.0 Å². The number of rotatable bonds is 5. The molecule has 1 saturated carbocycles. The van der Waals surface area contributed by atoms with Crippen molar-refractivity contribution in [2.24, 2.45) is 0 Å². The fourth-order valence-corrected chi connectivity index (χ4v) is 5.77. The zero-order valence-corrected chi connectivity index (χ0v) is 20.0. The number of aromatic nitrogens is 2. The quantitative estimate of drug-likeness (QED) is 0.459. The van der Waals surface area contributed by atoms with Crippen molar-refractivity contribution in [1.82, 2.24) is 20.4 Å². The Morgan fingerprint density at radius 2 is 2.00 bits per heavy atom. The summed E-state index contributed by atoms with van der Waals surface area (Å²) in [5.41, 5.74) is 6.45. The molecule has 170 valence electrons. The topological polar surface area (TPSA) is 69.1 Å². The van der Waals surface area contributed by atoms with Crippen LogP contribution in [0.4, 0.5) is 5.69 Å². The van der Waals surface area contributed by atoms with Crippen molar-refractivity contribution in [2.45, 2.75) is 64.5 Å². The molecule has 0 unspecified atom stereocenters. The molecule has 1 fully saturated rings. The summed E-state index contributed by atoms with van der Waals surface area (Å²) >= 11 is 6.75. The van der Waals surface area contributed by atoms with Gasteiger partial charge in [0.05, 0.1) is 34.3 Å². The molecule has 3 heterocycles. The fourth-order valence-electron chi connectivity index (χ4n) is 5.51. The van der Waals surface area contributed by atoms with Crippen LogP contribution in [-0.4, -0.2) is 28.7 Å². The number of nitrogens with zero attached hydrogens (tertiary/aromatic N) is 2. The van der Waals surface area contributed by atoms with Gasteiger partial charge in [0.2, 0.25) is 0 Å². The van der Waals surface area contributed by atoms with E-state index in [9.17, 15) is 0 Å². The van der Waals surface area contributed by atoms with Crippen molar-refractivity contribution >= 4 is 28.3 Å². The highest BCUT2D eigenvalue weighted by Gasteiger charge is 2.42. The number of hydrogen-bond donors (Lipinski definition) is 3. The maximum atomic E-state index is 6.75. The van der Waals surface area contributed by atoms with E-state index < -0.39 is 0 Å². The lowest BCUT2D eigenvalue weighted by Gasteiger charge is -2.44. The average molecular weight is 454 g/mol. The minimum absolute atomic E-state index is 0.156. The molecule has 1 aromatic carbocycles. The fraction of sp³-hybridized carbons (Fsp3) is 0.480. The van der Waals surface area contributed by atoms with Gasteiger partial charge in [-0.15, -0.1) is 0 Å². The normalized spacial score (nSPS) is 17.6. The molecule has 6 nitrogen and oxygen atoms in total. The number of aromatic amines is 1. The Morgan fingerprint density at radius 3 is 2.72 bits per heavy atom. The molecular formula is C25H32ClN5O. The number of benzene rings is 1. The maximum absolute atomic E-state index is 6.75. The van der Waals surface area contributed by atoms with Crippen LogP contribution in [0.15, 0.2) is 28.9 Å². The van der Waals surface area contributed by atoms with Crippen LogP contribution in [-0.2, 0) is 18.5 Å². The monoisotopic (exact) mass is 453 g/mol. The van der Waals surface area contributed by atoms with Crippen molar-refractivity contribution in [1.29, 1.82) is 0 Å². The van der Waals surface area contributed by atoms with Crippen LogP contribution in [0, 0.1) is 13.8 Å². The second-order valence-electron chi connectivity index (χ2n) is 9.51. The first-order valence-corrected chi connectivity index (χ1v) is 11.9. The van der Waals surface area contributed by atoms with Gasteiger partial charge < -0.3 is 15.1 Å². The van der Waals surface area contributed by atoms with Crippen LogP contribution < -0.4 is 10.6 Å². The molecule has 2 aromatic heterocycles. The Labute approximate surface area is 194 Å². The summed E-state index contributed by atoms with van der Waals surface area (Å²) in [5.74, 6) is 1.78. The molecule has 0 saturated heterocycles. The van der Waals surface area contributed by atoms with E-state index >= 15 is 0 Å². The van der Waals surface area contributed by atoms with Crippen molar-refractivity contribution in [3.05, 3.63) is 57.8 Å². The molecule has 1 aliphatic carbocycles. The van der Waals surface area contributed by atoms with E-state index in [1.165, 1.54) is 30.4 Å². The van der Waals surface area contributed by atoms with Gasteiger partial charge in [0.25, 0.3) is 0 Å². The maximum Gasteiger partial charge on any atom is 0.142 e. The van der Waals surface area contributed by atoms with Crippen LogP contribution in [0.1, 0.15) is 60.4 Å². The van der Waals surface area contributed by atoms with E-state index in [2.05, 4.69) is 59.3 Å². The number of likely N-dealkylation sites (N-methyl/N-ethyl adjacent to an activating group) is 1. The van der Waals surface area contributed by atoms with Gasteiger partial charge in [-0.2, -0.15) is 5.10 Å². The Bertz CT molecular complexity index is 1150. The smallest absolute Gasteiger partial charge is 0.142 e. The lowest BCUT2D eigenvalue weighted by Crippen LogP contribution is -2.48. The van der Waals surface area contributed by atoms with E-state index in [1.54, 1.807) is 0 Å². The summed E-state index contributed by atoms with van der Waals surface area (Å²) in [7, 11) is 2.14. The predicted molar refractivity (Wildman–Crippen MR) is 130 cm³/mol. The highest BCUT2D eigenvalue weighted by atomic mass is 35.5. The lowest BCUT2D eigenvalue weighted by atomic mass is 9.74. The summed E-state index contributed by atoms with van der Waals surface area (Å²) in [6.45, 7) is 9.98. The number of furan rings is 1. The molecule has 0 radical (unpaired) electrons. The van der Waals surface area contributed by atoms with Gasteiger partial charge in [0.1, 0.15) is 11.3 Å². The van der Waals surface area contributed by atoms with Crippen LogP contribution in [0.2, 0.25) is 5.02 Å². The summed E-state index contributed by atoms with van der Waals surface area (Å²) in [4.78, 5) is 2.30. The summed E-state index contributed by atoms with van der Waals surface area (Å²) in [6, 6.07) is 4.16. The predicted octanol–water partition coefficient (Wildman–Crippen LogP) is 5.75. The number of H-pyrrole nitrogens is 1. The van der Waals surface area contributed by atoms with Gasteiger partial charge in [0, 0.05) is 23.2 Å². The third-order valence-corrected chi connectivity index (χ3v) is 7.41. The van der Waals surface area contributed by atoms with Crippen molar-refractivity contribution in [3.8, 4) is 0 Å². The molecule has 3 N–H and O–H groups in total. The van der Waals surface area contributed by atoms with Crippen LogP contribution >= 0.6 is 11.6 Å². The minimum Gasteiger partial charge on any atom is -0.459 e. The van der Waals surface area contributed by atoms with Gasteiger partial charge in [-0.3, -0.25) is 10.00 Å². The molecule has 1 aliphatic heterocycles. The summed E-state index contributed by atoms with van der Waals surface area (Å²) in [6.07, 6.45) is 6.75. The van der Waals surface area contributed by atoms with E-state index in [-0.39, 0.29) is 5.54 Å². The standard InChI is InChI=1S/C25H32ClN5O/c1-15-20(16(2)30-29-15)8-11-31(4)14-19-12-18-13-21(26)23-22(24(18)32-19)25(28-17(3)27-23)9-6-5-7-10-25/h12-13,27-28H,3,5-11,14H2,1-2,4H3,(H,29,30). The second-order valence-corrected chi connectivity index (χ2v) is 9.92. The Kier molecular flexibility index (Phi) is 5.46. The third-order valence-electron chi connectivity index (χ3n) is 7.11. The van der Waals surface area contributed by atoms with E-state index in [4.69, 9.17) is 16.0 Å². The van der Waals surface area contributed by atoms with Crippen molar-refractivity contribution in [2.75, 3.05) is 18.9 Å². The average Bonchev–Trinajstić information content (AvgIpc) is 3.28. The van der Waals surface area contributed by atoms with Gasteiger partial charge in [0.15, 0.2) is 0 Å². The Balaban J connectivity index is 1.44. The molecule has 32 heavy (non-hydrogen) atoms. The molecule has 0 bridgehead atoms. The van der Waals surface area contributed by atoms with Gasteiger partial charge >= 0.3 is 0 Å². The first-order chi connectivity index (χ1) is 15.4. The largest absolute Gasteiger partial charge is 0.459 e.